The highest BCUT2D eigenvalue weighted by molar-refractivity contribution is 6.62. The van der Waals surface area contributed by atoms with Gasteiger partial charge in [0.15, 0.2) is 16.9 Å². The van der Waals surface area contributed by atoms with Crippen LogP contribution in [0.3, 0.4) is 0 Å². The van der Waals surface area contributed by atoms with Gasteiger partial charge in [-0.3, -0.25) is 27.8 Å². The van der Waals surface area contributed by atoms with E-state index in [1.165, 1.54) is 50.1 Å². The number of imidazole rings is 3. The average Bonchev–Trinajstić information content (AvgIpc) is 1.63. The molecule has 0 saturated carbocycles. The molecule has 11 aromatic heterocycles. The molecule has 0 aliphatic carbocycles. The Bertz CT molecular complexity index is 5950. The van der Waals surface area contributed by atoms with Crippen molar-refractivity contribution in [2.75, 3.05) is 0 Å². The first kappa shape index (κ1) is 75.5. The van der Waals surface area contributed by atoms with E-state index in [4.69, 9.17) is 42.9 Å². The minimum atomic E-state index is -0.525. The van der Waals surface area contributed by atoms with Crippen LogP contribution >= 0.6 is 23.2 Å². The Hall–Kier alpha value is -12.6. The number of halogens is 5. The summed E-state index contributed by atoms with van der Waals surface area (Å²) >= 11 is 11.5. The molecule has 1 aliphatic rings. The molecule has 31 heteroatoms. The van der Waals surface area contributed by atoms with E-state index in [1.807, 2.05) is 82.6 Å². The summed E-state index contributed by atoms with van der Waals surface area (Å²) in [6, 6.07) is 45.6. The Morgan fingerprint density at radius 3 is 1.50 bits per heavy atom. The lowest BCUT2D eigenvalue weighted by molar-refractivity contribution is 0.00578. The van der Waals surface area contributed by atoms with Crippen LogP contribution in [0.2, 0.25) is 10.3 Å². The van der Waals surface area contributed by atoms with Crippen molar-refractivity contribution in [2.45, 2.75) is 66.0 Å². The van der Waals surface area contributed by atoms with Crippen molar-refractivity contribution in [1.29, 1.82) is 10.5 Å². The standard InChI is InChI=1S/C24H17FN6O.C22H16ClFN6O.C12H15BN2O2.C10H9FN2O.C7H6ClN3O.CH4/c1-29-23-22(11-10-21(28-23)20-5-3-2-4-17(20)12-26)30(24(29)32)14-16-13-27-31(15-16)19-8-6-18(25)7-9-19;1-28-21-19(8-7-18(27-21)15-2-9-20(23)25-11-15)29(22(28)31)12-14-10-26-30(13-14)17-5-3-16(24)4-6-17;1-11(2)12(3,4)17-13(16-11)10-8-15-6-5-9(10)7-14;11-9-1-3-10(4-2-9)13-6-8(7-14)5-12-13;1-11-6-4(9-7(11)12)2-3-5(8)10-6;/h2-11,13,15H,14H2,1H3;2-11,13H,12H2,1H3;5-6,8H,1-4H3;1-6,14H,7H2;2-3H,1H3,(H,9,12);1H4. The molecule has 0 bridgehead atoms. The molecule has 25 nitrogen and oxygen atoms in total. The molecule has 1 fully saturated rings. The number of nitriles is 2. The molecule has 0 spiro atoms. The molecule has 1 aliphatic heterocycles. The minimum absolute atomic E-state index is 0. The zero-order valence-corrected chi connectivity index (χ0v) is 59.3. The third kappa shape index (κ3) is 16.6. The molecule has 0 unspecified atom stereocenters. The Labute approximate surface area is 619 Å². The molecule has 540 valence electrons. The Morgan fingerprint density at radius 2 is 1.01 bits per heavy atom. The van der Waals surface area contributed by atoms with E-state index >= 15 is 0 Å². The van der Waals surface area contributed by atoms with Gasteiger partial charge in [-0.2, -0.15) is 25.8 Å². The number of benzene rings is 4. The van der Waals surface area contributed by atoms with Crippen molar-refractivity contribution in [3.63, 3.8) is 0 Å². The lowest BCUT2D eigenvalue weighted by Crippen LogP contribution is -2.41. The van der Waals surface area contributed by atoms with Gasteiger partial charge in [0.1, 0.15) is 27.8 Å². The number of nitrogens with zero attached hydrogens (tertiary/aromatic N) is 18. The number of H-pyrrole nitrogens is 1. The number of aromatic amines is 1. The van der Waals surface area contributed by atoms with E-state index < -0.39 is 18.3 Å². The summed E-state index contributed by atoms with van der Waals surface area (Å²) in [5.41, 5.74) is 11.7. The van der Waals surface area contributed by atoms with Gasteiger partial charge in [-0.1, -0.05) is 48.8 Å². The van der Waals surface area contributed by atoms with Crippen LogP contribution in [0.5, 0.6) is 0 Å². The molecule has 15 aromatic rings. The van der Waals surface area contributed by atoms with Gasteiger partial charge in [-0.25, -0.2) is 61.5 Å². The first-order valence-corrected chi connectivity index (χ1v) is 33.3. The van der Waals surface area contributed by atoms with E-state index in [0.717, 1.165) is 44.9 Å². The highest BCUT2D eigenvalue weighted by Crippen LogP contribution is 2.37. The van der Waals surface area contributed by atoms with Crippen molar-refractivity contribution in [3.8, 4) is 51.7 Å². The molecular formula is C76H67BCl2F3N19O6. The van der Waals surface area contributed by atoms with E-state index in [1.54, 1.807) is 160 Å². The third-order valence-corrected chi connectivity index (χ3v) is 18.0. The van der Waals surface area contributed by atoms with Gasteiger partial charge >= 0.3 is 24.2 Å². The van der Waals surface area contributed by atoms with Crippen LogP contribution in [0.4, 0.5) is 13.2 Å². The predicted octanol–water partition coefficient (Wildman–Crippen LogP) is 11.8. The van der Waals surface area contributed by atoms with Gasteiger partial charge in [0.25, 0.3) is 0 Å². The summed E-state index contributed by atoms with van der Waals surface area (Å²) in [6.07, 6.45) is 15.1. The van der Waals surface area contributed by atoms with Gasteiger partial charge in [-0.05, 0) is 161 Å². The Morgan fingerprint density at radius 1 is 0.533 bits per heavy atom. The lowest BCUT2D eigenvalue weighted by Gasteiger charge is -2.32. The molecule has 107 heavy (non-hydrogen) atoms. The Kier molecular flexibility index (Phi) is 22.7. The maximum absolute atomic E-state index is 13.2. The third-order valence-electron chi connectivity index (χ3n) is 17.5. The molecule has 0 atom stereocenters. The summed E-state index contributed by atoms with van der Waals surface area (Å²) in [4.78, 5) is 61.0. The second-order valence-electron chi connectivity index (χ2n) is 25.1. The van der Waals surface area contributed by atoms with Crippen LogP contribution in [-0.4, -0.2) is 106 Å². The van der Waals surface area contributed by atoms with Gasteiger partial charge < -0.3 is 19.4 Å². The molecule has 1 saturated heterocycles. The number of hydrogen-bond donors (Lipinski definition) is 2. The number of rotatable bonds is 11. The molecule has 0 amide bonds. The fourth-order valence-electron chi connectivity index (χ4n) is 11.1. The number of pyridine rings is 5. The zero-order valence-electron chi connectivity index (χ0n) is 57.8. The number of aliphatic hydroxyl groups is 1. The highest BCUT2D eigenvalue weighted by atomic mass is 35.5. The SMILES string of the molecule is C.CC1(C)OB(c2cnccc2C#N)OC1(C)C.Cn1c(=O)[nH]c2ccc(Cl)nc21.Cn1c(=O)n(Cc2cnn(-c3ccc(F)cc3)c2)c2ccc(-c3ccc(Cl)nc3)nc21.Cn1c(=O)n(Cc2cnn(-c3ccc(F)cc3)c2)c2ccc(-c3ccccc3C#N)nc21.OCc1cnn(-c2ccc(F)cc2)c1. The normalized spacial score (nSPS) is 12.5. The smallest absolute Gasteiger partial charge is 0.399 e. The van der Waals surface area contributed by atoms with E-state index in [0.29, 0.717) is 84.9 Å². The first-order chi connectivity index (χ1) is 50.9. The number of hydrogen-bond acceptors (Lipinski definition) is 16. The summed E-state index contributed by atoms with van der Waals surface area (Å²) in [5.74, 6) is -0.893. The van der Waals surface area contributed by atoms with Crippen molar-refractivity contribution in [3.05, 3.63) is 294 Å². The summed E-state index contributed by atoms with van der Waals surface area (Å²) in [6.45, 7) is 8.53. The van der Waals surface area contributed by atoms with Gasteiger partial charge in [0, 0.05) is 91.6 Å². The van der Waals surface area contributed by atoms with Gasteiger partial charge in [0.05, 0.1) is 118 Å². The van der Waals surface area contributed by atoms with Crippen molar-refractivity contribution >= 4 is 69.3 Å². The van der Waals surface area contributed by atoms with Crippen LogP contribution in [0.15, 0.2) is 222 Å². The number of fused-ring (bicyclic) bond motifs is 3. The first-order valence-electron chi connectivity index (χ1n) is 32.5. The van der Waals surface area contributed by atoms with Gasteiger partial charge in [0.2, 0.25) is 0 Å². The van der Waals surface area contributed by atoms with Gasteiger partial charge in [-0.15, -0.1) is 0 Å². The number of aromatic nitrogens is 17. The van der Waals surface area contributed by atoms with E-state index in [-0.39, 0.29) is 48.6 Å². The van der Waals surface area contributed by atoms with Crippen molar-refractivity contribution in [2.24, 2.45) is 21.1 Å². The van der Waals surface area contributed by atoms with E-state index in [2.05, 4.69) is 57.3 Å². The maximum atomic E-state index is 13.2. The zero-order chi connectivity index (χ0) is 75.1. The Balaban J connectivity index is 0.000000140. The number of nitrogens with one attached hydrogen (secondary N) is 1. The van der Waals surface area contributed by atoms with Crippen LogP contribution < -0.4 is 22.5 Å². The summed E-state index contributed by atoms with van der Waals surface area (Å²) < 4.78 is 63.3. The monoisotopic (exact) mass is 1480 g/mol. The highest BCUT2D eigenvalue weighted by Gasteiger charge is 2.52. The second kappa shape index (κ2) is 32.2. The van der Waals surface area contributed by atoms with Crippen LogP contribution in [-0.2, 0) is 50.1 Å². The topological polar surface area (TPSA) is 296 Å². The molecule has 16 rings (SSSR count). The largest absolute Gasteiger partial charge is 0.497 e. The molecular weight excluding hydrogens is 1410 g/mol. The second-order valence-corrected chi connectivity index (χ2v) is 25.9. The minimum Gasteiger partial charge on any atom is -0.399 e. The van der Waals surface area contributed by atoms with Crippen molar-refractivity contribution in [1.82, 2.24) is 82.1 Å². The van der Waals surface area contributed by atoms with E-state index in [9.17, 15) is 32.8 Å². The molecule has 2 N–H and O–H groups in total. The molecule has 12 heterocycles. The summed E-state index contributed by atoms with van der Waals surface area (Å²) in [5, 5.41) is 40.7. The lowest BCUT2D eigenvalue weighted by atomic mass is 9.77. The maximum Gasteiger partial charge on any atom is 0.497 e. The van der Waals surface area contributed by atoms with Crippen molar-refractivity contribution < 1.29 is 27.6 Å². The van der Waals surface area contributed by atoms with Crippen LogP contribution in [0.1, 0.15) is 62.9 Å². The molecule has 4 aromatic carbocycles. The average molecular weight is 1480 g/mol. The number of aryl methyl sites for hydroxylation is 3. The van der Waals surface area contributed by atoms with Crippen LogP contribution in [0, 0.1) is 40.1 Å². The number of aliphatic hydroxyl groups excluding tert-OH is 1. The molecule has 0 radical (unpaired) electrons. The fourth-order valence-corrected chi connectivity index (χ4v) is 11.4. The summed E-state index contributed by atoms with van der Waals surface area (Å²) in [7, 11) is 4.49. The quantitative estimate of drug-likeness (QED) is 0.0898. The fraction of sp³-hybridized carbons (Fsp3) is 0.171. The predicted molar refractivity (Wildman–Crippen MR) is 401 cm³/mol. The van der Waals surface area contributed by atoms with Crippen LogP contribution in [0.25, 0.3) is 73.1 Å².